The van der Waals surface area contributed by atoms with E-state index in [1.807, 2.05) is 35.7 Å². The molecule has 0 N–H and O–H groups in total. The second kappa shape index (κ2) is 5.83. The zero-order chi connectivity index (χ0) is 15.6. The number of allylic oxidation sites excluding steroid dienone is 1. The average Bonchev–Trinajstić information content (AvgIpc) is 2.85. The molecule has 0 atom stereocenters. The molecule has 2 aromatic heterocycles. The Kier molecular flexibility index (Phi) is 4.12. The number of aromatic nitrogens is 1. The molecule has 0 radical (unpaired) electrons. The van der Waals surface area contributed by atoms with E-state index in [1.54, 1.807) is 20.2 Å². The van der Waals surface area contributed by atoms with Gasteiger partial charge in [0.05, 0.1) is 18.2 Å². The number of rotatable bonds is 3. The summed E-state index contributed by atoms with van der Waals surface area (Å²) < 4.78 is 6.54. The number of esters is 1. The van der Waals surface area contributed by atoms with Gasteiger partial charge in [-0.05, 0) is 30.7 Å². The molecule has 0 saturated carbocycles. The van der Waals surface area contributed by atoms with Crippen molar-refractivity contribution in [2.24, 2.45) is 0 Å². The summed E-state index contributed by atoms with van der Waals surface area (Å²) in [6, 6.07) is 7.44. The number of hydrogen-bond donors (Lipinski definition) is 0. The van der Waals surface area contributed by atoms with Gasteiger partial charge in [-0.1, -0.05) is 6.07 Å². The monoisotopic (exact) mass is 286 g/mol. The lowest BCUT2D eigenvalue weighted by Crippen LogP contribution is -2.21. The first-order valence-electron chi connectivity index (χ1n) is 6.54. The fourth-order valence-electron chi connectivity index (χ4n) is 2.18. The van der Waals surface area contributed by atoms with Crippen molar-refractivity contribution in [3.8, 4) is 0 Å². The second-order valence-electron chi connectivity index (χ2n) is 4.95. The van der Waals surface area contributed by atoms with E-state index in [1.165, 1.54) is 18.1 Å². The van der Waals surface area contributed by atoms with Gasteiger partial charge in [0.25, 0.3) is 5.91 Å². The number of carbonyl (C=O) groups excluding carboxylic acids is 2. The highest BCUT2D eigenvalue weighted by Crippen LogP contribution is 2.23. The van der Waals surface area contributed by atoms with Crippen LogP contribution in [-0.2, 0) is 9.53 Å². The van der Waals surface area contributed by atoms with Gasteiger partial charge in [0.15, 0.2) is 0 Å². The summed E-state index contributed by atoms with van der Waals surface area (Å²) in [7, 11) is 4.76. The van der Waals surface area contributed by atoms with E-state index in [-0.39, 0.29) is 5.91 Å². The van der Waals surface area contributed by atoms with Crippen molar-refractivity contribution >= 4 is 23.0 Å². The maximum absolute atomic E-state index is 12.3. The molecule has 5 nitrogen and oxygen atoms in total. The predicted octanol–water partition coefficient (Wildman–Crippen LogP) is 2.22. The van der Waals surface area contributed by atoms with Gasteiger partial charge in [-0.25, -0.2) is 4.79 Å². The Morgan fingerprint density at radius 2 is 2.00 bits per heavy atom. The minimum Gasteiger partial charge on any atom is -0.466 e. The SMILES string of the molecule is COC(=O)/C=C(\C)c1cc(C(=O)N(C)C)c2ccccn12. The largest absolute Gasteiger partial charge is 0.466 e. The number of carbonyl (C=O) groups is 2. The third-order valence-electron chi connectivity index (χ3n) is 3.25. The molecule has 2 rings (SSSR count). The highest BCUT2D eigenvalue weighted by atomic mass is 16.5. The van der Waals surface area contributed by atoms with Gasteiger partial charge in [-0.15, -0.1) is 0 Å². The molecule has 0 aliphatic heterocycles. The van der Waals surface area contributed by atoms with E-state index < -0.39 is 5.97 Å². The summed E-state index contributed by atoms with van der Waals surface area (Å²) in [5.41, 5.74) is 2.94. The van der Waals surface area contributed by atoms with Crippen LogP contribution in [0.4, 0.5) is 0 Å². The van der Waals surface area contributed by atoms with E-state index in [0.29, 0.717) is 5.56 Å². The molecule has 110 valence electrons. The van der Waals surface area contributed by atoms with E-state index in [9.17, 15) is 9.59 Å². The van der Waals surface area contributed by atoms with Crippen molar-refractivity contribution < 1.29 is 14.3 Å². The van der Waals surface area contributed by atoms with Crippen molar-refractivity contribution in [1.82, 2.24) is 9.30 Å². The molecular weight excluding hydrogens is 268 g/mol. The van der Waals surface area contributed by atoms with Crippen LogP contribution in [0.3, 0.4) is 0 Å². The van der Waals surface area contributed by atoms with Gasteiger partial charge in [0.1, 0.15) is 0 Å². The number of hydrogen-bond acceptors (Lipinski definition) is 3. The molecule has 1 amide bonds. The molecule has 0 aliphatic rings. The number of amides is 1. The zero-order valence-corrected chi connectivity index (χ0v) is 12.6. The third-order valence-corrected chi connectivity index (χ3v) is 3.25. The topological polar surface area (TPSA) is 51.0 Å². The van der Waals surface area contributed by atoms with Gasteiger partial charge in [-0.3, -0.25) is 4.79 Å². The summed E-state index contributed by atoms with van der Waals surface area (Å²) in [6.45, 7) is 1.82. The van der Waals surface area contributed by atoms with Crippen LogP contribution in [0.15, 0.2) is 36.5 Å². The van der Waals surface area contributed by atoms with Gasteiger partial charge >= 0.3 is 5.97 Å². The van der Waals surface area contributed by atoms with Gasteiger partial charge in [0, 0.05) is 32.1 Å². The highest BCUT2D eigenvalue weighted by Gasteiger charge is 2.17. The minimum absolute atomic E-state index is 0.0733. The van der Waals surface area contributed by atoms with Crippen molar-refractivity contribution in [2.45, 2.75) is 6.92 Å². The van der Waals surface area contributed by atoms with Crippen LogP contribution in [-0.4, -0.2) is 42.4 Å². The number of ether oxygens (including phenoxy) is 1. The molecule has 0 aromatic carbocycles. The summed E-state index contributed by atoms with van der Waals surface area (Å²) in [5.74, 6) is -0.491. The molecule has 2 heterocycles. The van der Waals surface area contributed by atoms with Crippen molar-refractivity contribution in [1.29, 1.82) is 0 Å². The van der Waals surface area contributed by atoms with E-state index in [2.05, 4.69) is 4.74 Å². The Bertz CT molecular complexity index is 726. The summed E-state index contributed by atoms with van der Waals surface area (Å²) in [6.07, 6.45) is 3.28. The van der Waals surface area contributed by atoms with Crippen LogP contribution in [0.1, 0.15) is 23.0 Å². The Labute approximate surface area is 123 Å². The molecular formula is C16H18N2O3. The lowest BCUT2D eigenvalue weighted by molar-refractivity contribution is -0.134. The van der Waals surface area contributed by atoms with Crippen LogP contribution in [0.25, 0.3) is 11.1 Å². The summed E-state index contributed by atoms with van der Waals surface area (Å²) in [5, 5.41) is 0. The van der Waals surface area contributed by atoms with Crippen LogP contribution >= 0.6 is 0 Å². The second-order valence-corrected chi connectivity index (χ2v) is 4.95. The van der Waals surface area contributed by atoms with Gasteiger partial charge in [-0.2, -0.15) is 0 Å². The first-order chi connectivity index (χ1) is 9.95. The third kappa shape index (κ3) is 2.81. The Morgan fingerprint density at radius 1 is 1.29 bits per heavy atom. The highest BCUT2D eigenvalue weighted by molar-refractivity contribution is 6.02. The minimum atomic E-state index is -0.418. The Balaban J connectivity index is 2.63. The maximum atomic E-state index is 12.3. The maximum Gasteiger partial charge on any atom is 0.330 e. The smallest absolute Gasteiger partial charge is 0.330 e. The average molecular weight is 286 g/mol. The molecule has 0 unspecified atom stereocenters. The van der Waals surface area contributed by atoms with Crippen LogP contribution < -0.4 is 0 Å². The summed E-state index contributed by atoms with van der Waals surface area (Å²) in [4.78, 5) is 25.2. The zero-order valence-electron chi connectivity index (χ0n) is 12.6. The van der Waals surface area contributed by atoms with Crippen molar-refractivity contribution in [3.05, 3.63) is 47.8 Å². The quantitative estimate of drug-likeness (QED) is 0.642. The number of methoxy groups -OCH3 is 1. The number of fused-ring (bicyclic) bond motifs is 1. The molecule has 0 saturated heterocycles. The molecule has 0 bridgehead atoms. The van der Waals surface area contributed by atoms with Crippen molar-refractivity contribution in [2.75, 3.05) is 21.2 Å². The van der Waals surface area contributed by atoms with Crippen LogP contribution in [0.5, 0.6) is 0 Å². The van der Waals surface area contributed by atoms with Crippen LogP contribution in [0.2, 0.25) is 0 Å². The molecule has 0 aliphatic carbocycles. The first kappa shape index (κ1) is 14.8. The first-order valence-corrected chi connectivity index (χ1v) is 6.54. The molecule has 2 aromatic rings. The standard InChI is InChI=1S/C16H18N2O3/c1-11(9-15(19)21-4)14-10-12(16(20)17(2)3)13-7-5-6-8-18(13)14/h5-10H,1-4H3/b11-9+. The van der Waals surface area contributed by atoms with Crippen LogP contribution in [0, 0.1) is 0 Å². The molecule has 5 heteroatoms. The van der Waals surface area contributed by atoms with Crippen molar-refractivity contribution in [3.63, 3.8) is 0 Å². The molecule has 0 spiro atoms. The Morgan fingerprint density at radius 3 is 2.62 bits per heavy atom. The Hall–Kier alpha value is -2.56. The fraction of sp³-hybridized carbons (Fsp3) is 0.250. The van der Waals surface area contributed by atoms with E-state index >= 15 is 0 Å². The van der Waals surface area contributed by atoms with E-state index in [4.69, 9.17) is 0 Å². The summed E-state index contributed by atoms with van der Waals surface area (Å²) >= 11 is 0. The number of nitrogens with zero attached hydrogens (tertiary/aromatic N) is 2. The normalized spacial score (nSPS) is 11.5. The molecule has 21 heavy (non-hydrogen) atoms. The van der Waals surface area contributed by atoms with E-state index in [0.717, 1.165) is 16.8 Å². The number of pyridine rings is 1. The lowest BCUT2D eigenvalue weighted by atomic mass is 10.1. The predicted molar refractivity (Wildman–Crippen MR) is 81.1 cm³/mol. The lowest BCUT2D eigenvalue weighted by Gasteiger charge is -2.08. The van der Waals surface area contributed by atoms with Gasteiger partial charge < -0.3 is 14.0 Å². The molecule has 0 fully saturated rings. The van der Waals surface area contributed by atoms with Gasteiger partial charge in [0.2, 0.25) is 0 Å². The fourth-order valence-corrected chi connectivity index (χ4v) is 2.18.